The zero-order chi connectivity index (χ0) is 15.5. The fourth-order valence-electron chi connectivity index (χ4n) is 2.12. The predicted molar refractivity (Wildman–Crippen MR) is 89.1 cm³/mol. The summed E-state index contributed by atoms with van der Waals surface area (Å²) in [6.45, 7) is 9.57. The van der Waals surface area contributed by atoms with Gasteiger partial charge in [-0.15, -0.1) is 11.3 Å². The van der Waals surface area contributed by atoms with E-state index in [4.69, 9.17) is 4.74 Å². The molecule has 0 fully saturated rings. The number of benzene rings is 1. The average molecular weight is 304 g/mol. The molecule has 0 saturated carbocycles. The maximum absolute atomic E-state index is 5.42. The quantitative estimate of drug-likeness (QED) is 0.894. The van der Waals surface area contributed by atoms with Crippen LogP contribution in [0.1, 0.15) is 49.2 Å². The van der Waals surface area contributed by atoms with Crippen molar-refractivity contribution in [2.45, 2.75) is 45.7 Å². The maximum Gasteiger partial charge on any atom is 0.123 e. The smallest absolute Gasteiger partial charge is 0.123 e. The van der Waals surface area contributed by atoms with Crippen molar-refractivity contribution >= 4 is 11.3 Å². The van der Waals surface area contributed by atoms with Crippen molar-refractivity contribution < 1.29 is 4.74 Å². The van der Waals surface area contributed by atoms with Crippen molar-refractivity contribution in [1.82, 2.24) is 10.3 Å². The minimum atomic E-state index is 0.122. The number of rotatable bonds is 5. The summed E-state index contributed by atoms with van der Waals surface area (Å²) in [4.78, 5) is 5.79. The summed E-state index contributed by atoms with van der Waals surface area (Å²) in [6.07, 6.45) is 1.98. The molecule has 2 rings (SSSR count). The van der Waals surface area contributed by atoms with Crippen LogP contribution in [0.2, 0.25) is 0 Å². The Bertz CT molecular complexity index is 586. The molecule has 0 aliphatic carbocycles. The third-order valence-electron chi connectivity index (χ3n) is 3.38. The zero-order valence-electron chi connectivity index (χ0n) is 13.4. The Balaban J connectivity index is 2.01. The fraction of sp³-hybridized carbons (Fsp3) is 0.471. The lowest BCUT2D eigenvalue weighted by Crippen LogP contribution is -2.18. The summed E-state index contributed by atoms with van der Waals surface area (Å²) in [5.41, 5.74) is 1.30. The minimum Gasteiger partial charge on any atom is -0.496 e. The van der Waals surface area contributed by atoms with Crippen LogP contribution in [0.5, 0.6) is 5.75 Å². The Morgan fingerprint density at radius 1 is 1.29 bits per heavy atom. The monoisotopic (exact) mass is 304 g/mol. The second-order valence-electron chi connectivity index (χ2n) is 6.23. The first-order valence-corrected chi connectivity index (χ1v) is 8.05. The largest absolute Gasteiger partial charge is 0.496 e. The first kappa shape index (κ1) is 16.0. The summed E-state index contributed by atoms with van der Waals surface area (Å²) in [5.74, 6) is 0.928. The Morgan fingerprint density at radius 3 is 2.62 bits per heavy atom. The average Bonchev–Trinajstić information content (AvgIpc) is 2.93. The lowest BCUT2D eigenvalue weighted by Gasteiger charge is -2.16. The topological polar surface area (TPSA) is 34.1 Å². The molecule has 0 amide bonds. The van der Waals surface area contributed by atoms with E-state index in [9.17, 15) is 0 Å². The molecular weight excluding hydrogens is 280 g/mol. The lowest BCUT2D eigenvalue weighted by molar-refractivity contribution is 0.401. The van der Waals surface area contributed by atoms with Gasteiger partial charge in [0.15, 0.2) is 0 Å². The molecule has 21 heavy (non-hydrogen) atoms. The molecule has 0 saturated heterocycles. The van der Waals surface area contributed by atoms with E-state index in [0.29, 0.717) is 0 Å². The van der Waals surface area contributed by atoms with Gasteiger partial charge in [-0.3, -0.25) is 0 Å². The van der Waals surface area contributed by atoms with E-state index < -0.39 is 0 Å². The number of nitrogens with zero attached hydrogens (tertiary/aromatic N) is 1. The highest BCUT2D eigenvalue weighted by molar-refractivity contribution is 7.11. The molecule has 2 aromatic rings. The van der Waals surface area contributed by atoms with Gasteiger partial charge >= 0.3 is 0 Å². The SMILES string of the molecule is COc1ccccc1[C@@H](C)NCc1cnc(C(C)(C)C)s1. The number of hydrogen-bond donors (Lipinski definition) is 1. The van der Waals surface area contributed by atoms with Crippen LogP contribution in [0.15, 0.2) is 30.5 Å². The second-order valence-corrected chi connectivity index (χ2v) is 7.34. The van der Waals surface area contributed by atoms with E-state index in [1.807, 2.05) is 24.4 Å². The molecule has 4 heteroatoms. The standard InChI is InChI=1S/C17H24N2OS/c1-12(14-8-6-7-9-15(14)20-5)18-10-13-11-19-16(21-13)17(2,3)4/h6-9,11-12,18H,10H2,1-5H3/t12-/m1/s1. The Hall–Kier alpha value is -1.39. The van der Waals surface area contributed by atoms with Gasteiger partial charge in [-0.2, -0.15) is 0 Å². The first-order valence-electron chi connectivity index (χ1n) is 7.23. The highest BCUT2D eigenvalue weighted by atomic mass is 32.1. The van der Waals surface area contributed by atoms with E-state index in [0.717, 1.165) is 12.3 Å². The summed E-state index contributed by atoms with van der Waals surface area (Å²) in [6, 6.07) is 8.37. The van der Waals surface area contributed by atoms with Gasteiger partial charge in [-0.05, 0) is 13.0 Å². The number of hydrogen-bond acceptors (Lipinski definition) is 4. The fourth-order valence-corrected chi connectivity index (χ4v) is 3.04. The van der Waals surface area contributed by atoms with Crippen LogP contribution >= 0.6 is 11.3 Å². The van der Waals surface area contributed by atoms with Crippen LogP contribution in [-0.2, 0) is 12.0 Å². The Kier molecular flexibility index (Phi) is 5.01. The van der Waals surface area contributed by atoms with Crippen LogP contribution < -0.4 is 10.1 Å². The van der Waals surface area contributed by atoms with Crippen LogP contribution in [0.4, 0.5) is 0 Å². The second kappa shape index (κ2) is 6.58. The van der Waals surface area contributed by atoms with Crippen LogP contribution in [0.25, 0.3) is 0 Å². The minimum absolute atomic E-state index is 0.122. The van der Waals surface area contributed by atoms with E-state index in [-0.39, 0.29) is 11.5 Å². The van der Waals surface area contributed by atoms with Gasteiger partial charge in [0.1, 0.15) is 5.75 Å². The molecular formula is C17H24N2OS. The van der Waals surface area contributed by atoms with Gasteiger partial charge in [-0.25, -0.2) is 4.98 Å². The Morgan fingerprint density at radius 2 is 2.00 bits per heavy atom. The van der Waals surface area contributed by atoms with Gasteiger partial charge in [0.25, 0.3) is 0 Å². The number of methoxy groups -OCH3 is 1. The van der Waals surface area contributed by atoms with Crippen molar-refractivity contribution in [2.75, 3.05) is 7.11 Å². The molecule has 0 spiro atoms. The summed E-state index contributed by atoms with van der Waals surface area (Å²) >= 11 is 1.78. The van der Waals surface area contributed by atoms with E-state index in [2.05, 4.69) is 44.1 Å². The van der Waals surface area contributed by atoms with Gasteiger partial charge in [0.05, 0.1) is 12.1 Å². The molecule has 114 valence electrons. The molecule has 1 N–H and O–H groups in total. The molecule has 1 heterocycles. The molecule has 0 bridgehead atoms. The molecule has 0 aliphatic rings. The lowest BCUT2D eigenvalue weighted by atomic mass is 9.98. The summed E-state index contributed by atoms with van der Waals surface area (Å²) in [7, 11) is 1.71. The van der Waals surface area contributed by atoms with Crippen molar-refractivity contribution in [3.8, 4) is 5.75 Å². The highest BCUT2D eigenvalue weighted by Gasteiger charge is 2.18. The zero-order valence-corrected chi connectivity index (χ0v) is 14.3. The Labute approximate surface area is 131 Å². The van der Waals surface area contributed by atoms with Gasteiger partial charge < -0.3 is 10.1 Å². The summed E-state index contributed by atoms with van der Waals surface area (Å²) < 4.78 is 5.42. The molecule has 0 radical (unpaired) electrons. The van der Waals surface area contributed by atoms with Crippen LogP contribution in [0, 0.1) is 0 Å². The number of nitrogens with one attached hydrogen (secondary N) is 1. The van der Waals surface area contributed by atoms with Gasteiger partial charge in [0.2, 0.25) is 0 Å². The van der Waals surface area contributed by atoms with Crippen molar-refractivity contribution in [3.63, 3.8) is 0 Å². The number of aromatic nitrogens is 1. The van der Waals surface area contributed by atoms with Crippen LogP contribution in [0.3, 0.4) is 0 Å². The first-order chi connectivity index (χ1) is 9.91. The van der Waals surface area contributed by atoms with Crippen molar-refractivity contribution in [3.05, 3.63) is 45.9 Å². The molecule has 0 unspecified atom stereocenters. The summed E-state index contributed by atoms with van der Waals surface area (Å²) in [5, 5.41) is 4.73. The molecule has 1 aromatic heterocycles. The van der Waals surface area contributed by atoms with Crippen molar-refractivity contribution in [1.29, 1.82) is 0 Å². The normalized spacial score (nSPS) is 13.2. The van der Waals surface area contributed by atoms with Crippen molar-refractivity contribution in [2.24, 2.45) is 0 Å². The van der Waals surface area contributed by atoms with E-state index in [1.165, 1.54) is 15.4 Å². The highest BCUT2D eigenvalue weighted by Crippen LogP contribution is 2.28. The van der Waals surface area contributed by atoms with Gasteiger partial charge in [0, 0.05) is 34.6 Å². The van der Waals surface area contributed by atoms with Gasteiger partial charge in [-0.1, -0.05) is 39.0 Å². The molecule has 0 aliphatic heterocycles. The molecule has 1 atom stereocenters. The molecule has 3 nitrogen and oxygen atoms in total. The molecule has 1 aromatic carbocycles. The number of thiazole rings is 1. The van der Waals surface area contributed by atoms with E-state index in [1.54, 1.807) is 18.4 Å². The third-order valence-corrected chi connectivity index (χ3v) is 4.81. The maximum atomic E-state index is 5.42. The third kappa shape index (κ3) is 4.05. The van der Waals surface area contributed by atoms with Crippen LogP contribution in [-0.4, -0.2) is 12.1 Å². The number of para-hydroxylation sites is 1. The van der Waals surface area contributed by atoms with E-state index >= 15 is 0 Å². The predicted octanol–water partition coefficient (Wildman–Crippen LogP) is 4.30. The number of ether oxygens (including phenoxy) is 1.